The number of aliphatic hydroxyl groups excluding tert-OH is 1. The van der Waals surface area contributed by atoms with Crippen LogP contribution in [0.5, 0.6) is 5.75 Å². The molecule has 0 saturated carbocycles. The van der Waals surface area contributed by atoms with Gasteiger partial charge in [0.1, 0.15) is 17.6 Å². The van der Waals surface area contributed by atoms with Crippen LogP contribution < -0.4 is 4.74 Å². The Kier molecular flexibility index (Phi) is 4.84. The number of furan rings is 1. The summed E-state index contributed by atoms with van der Waals surface area (Å²) in [6.07, 6.45) is 1.48. The van der Waals surface area contributed by atoms with Crippen LogP contribution >= 0.6 is 0 Å². The standard InChI is InChI=1S/C20H21NO5/c1-12(2)18(22)16-17(15-8-5-9-26-15)21(20(24)19(16)23)11-13-6-4-7-14(10-13)25-3/h4-10,12,17,23H,11H2,1-3H3. The lowest BCUT2D eigenvalue weighted by atomic mass is 9.94. The fourth-order valence-corrected chi connectivity index (χ4v) is 3.09. The molecule has 2 aromatic rings. The van der Waals surface area contributed by atoms with Gasteiger partial charge in [-0.25, -0.2) is 0 Å². The summed E-state index contributed by atoms with van der Waals surface area (Å²) in [6.45, 7) is 3.67. The first-order valence-corrected chi connectivity index (χ1v) is 8.38. The van der Waals surface area contributed by atoms with Gasteiger partial charge in [-0.3, -0.25) is 9.59 Å². The van der Waals surface area contributed by atoms with E-state index in [9.17, 15) is 14.7 Å². The van der Waals surface area contributed by atoms with Gasteiger partial charge < -0.3 is 19.2 Å². The normalized spacial score (nSPS) is 17.3. The van der Waals surface area contributed by atoms with Gasteiger partial charge in [0.05, 0.1) is 18.9 Å². The summed E-state index contributed by atoms with van der Waals surface area (Å²) in [5.41, 5.74) is 0.906. The van der Waals surface area contributed by atoms with Gasteiger partial charge >= 0.3 is 0 Å². The third-order valence-electron chi connectivity index (χ3n) is 4.39. The first-order valence-electron chi connectivity index (χ1n) is 8.38. The lowest BCUT2D eigenvalue weighted by Crippen LogP contribution is -2.30. The van der Waals surface area contributed by atoms with Crippen molar-refractivity contribution in [3.63, 3.8) is 0 Å². The van der Waals surface area contributed by atoms with Crippen molar-refractivity contribution in [2.45, 2.75) is 26.4 Å². The van der Waals surface area contributed by atoms with E-state index < -0.39 is 17.7 Å². The summed E-state index contributed by atoms with van der Waals surface area (Å²) >= 11 is 0. The molecule has 2 heterocycles. The molecule has 6 nitrogen and oxygen atoms in total. The van der Waals surface area contributed by atoms with E-state index in [1.165, 1.54) is 11.2 Å². The predicted octanol–water partition coefficient (Wildman–Crippen LogP) is 3.41. The molecule has 0 saturated heterocycles. The van der Waals surface area contributed by atoms with Crippen molar-refractivity contribution in [2.24, 2.45) is 5.92 Å². The Balaban J connectivity index is 2.01. The maximum absolute atomic E-state index is 12.7. The monoisotopic (exact) mass is 355 g/mol. The number of carbonyl (C=O) groups excluding carboxylic acids is 2. The highest BCUT2D eigenvalue weighted by Crippen LogP contribution is 2.40. The summed E-state index contributed by atoms with van der Waals surface area (Å²) in [7, 11) is 1.57. The van der Waals surface area contributed by atoms with Crippen LogP contribution in [-0.2, 0) is 16.1 Å². The third-order valence-corrected chi connectivity index (χ3v) is 4.39. The second-order valence-corrected chi connectivity index (χ2v) is 6.48. The molecular formula is C20H21NO5. The lowest BCUT2D eigenvalue weighted by Gasteiger charge is -2.25. The van der Waals surface area contributed by atoms with Gasteiger partial charge in [0.25, 0.3) is 5.91 Å². The number of ketones is 1. The zero-order chi connectivity index (χ0) is 18.8. The fourth-order valence-electron chi connectivity index (χ4n) is 3.09. The molecule has 0 radical (unpaired) electrons. The van der Waals surface area contributed by atoms with Crippen molar-refractivity contribution >= 4 is 11.7 Å². The Labute approximate surface area is 151 Å². The molecule has 26 heavy (non-hydrogen) atoms. The van der Waals surface area contributed by atoms with E-state index in [0.29, 0.717) is 11.5 Å². The molecule has 0 fully saturated rings. The molecule has 0 bridgehead atoms. The van der Waals surface area contributed by atoms with Crippen molar-refractivity contribution in [1.29, 1.82) is 0 Å². The van der Waals surface area contributed by atoms with E-state index in [0.717, 1.165) is 5.56 Å². The molecule has 1 aliphatic heterocycles. The largest absolute Gasteiger partial charge is 0.503 e. The summed E-state index contributed by atoms with van der Waals surface area (Å²) in [4.78, 5) is 26.8. The number of ether oxygens (including phenoxy) is 1. The average molecular weight is 355 g/mol. The molecule has 1 atom stereocenters. The highest BCUT2D eigenvalue weighted by Gasteiger charge is 2.45. The number of carbonyl (C=O) groups is 2. The van der Waals surface area contributed by atoms with Gasteiger partial charge in [0, 0.05) is 12.5 Å². The van der Waals surface area contributed by atoms with Crippen LogP contribution in [0.3, 0.4) is 0 Å². The zero-order valence-electron chi connectivity index (χ0n) is 14.9. The number of rotatable bonds is 6. The molecule has 1 unspecified atom stereocenters. The van der Waals surface area contributed by atoms with Crippen molar-refractivity contribution in [2.75, 3.05) is 7.11 Å². The van der Waals surface area contributed by atoms with Crippen LogP contribution in [0.25, 0.3) is 0 Å². The summed E-state index contributed by atoms with van der Waals surface area (Å²) in [6, 6.07) is 9.94. The van der Waals surface area contributed by atoms with E-state index >= 15 is 0 Å². The molecule has 0 spiro atoms. The van der Waals surface area contributed by atoms with Gasteiger partial charge in [0.2, 0.25) is 0 Å². The van der Waals surface area contributed by atoms with Crippen LogP contribution in [0, 0.1) is 5.92 Å². The SMILES string of the molecule is COc1cccc(CN2C(=O)C(O)=C(C(=O)C(C)C)C2c2ccco2)c1. The quantitative estimate of drug-likeness (QED) is 0.859. The van der Waals surface area contributed by atoms with Crippen LogP contribution in [-0.4, -0.2) is 28.8 Å². The van der Waals surface area contributed by atoms with Crippen LogP contribution in [0.1, 0.15) is 31.2 Å². The number of Topliss-reactive ketones (excluding diaryl/α,β-unsaturated/α-hetero) is 1. The van der Waals surface area contributed by atoms with Gasteiger partial charge in [0.15, 0.2) is 11.5 Å². The number of nitrogens with zero attached hydrogens (tertiary/aromatic N) is 1. The third kappa shape index (κ3) is 3.10. The van der Waals surface area contributed by atoms with E-state index in [2.05, 4.69) is 0 Å². The summed E-state index contributed by atoms with van der Waals surface area (Å²) in [5.74, 6) is -0.612. The molecule has 1 amide bonds. The highest BCUT2D eigenvalue weighted by atomic mass is 16.5. The maximum atomic E-state index is 12.7. The Bertz CT molecular complexity index is 851. The van der Waals surface area contributed by atoms with Gasteiger partial charge in [-0.2, -0.15) is 0 Å². The number of amides is 1. The first-order chi connectivity index (χ1) is 12.4. The molecule has 1 aliphatic rings. The van der Waals surface area contributed by atoms with E-state index in [1.54, 1.807) is 33.1 Å². The molecule has 3 rings (SSSR count). The molecule has 1 N–H and O–H groups in total. The van der Waals surface area contributed by atoms with Gasteiger partial charge in [-0.15, -0.1) is 0 Å². The van der Waals surface area contributed by atoms with Crippen LogP contribution in [0.15, 0.2) is 58.4 Å². The zero-order valence-corrected chi connectivity index (χ0v) is 14.9. The second-order valence-electron chi connectivity index (χ2n) is 6.48. The number of hydrogen-bond donors (Lipinski definition) is 1. The first kappa shape index (κ1) is 17.8. The smallest absolute Gasteiger partial charge is 0.290 e. The Hall–Kier alpha value is -3.02. The van der Waals surface area contributed by atoms with Crippen LogP contribution in [0.2, 0.25) is 0 Å². The van der Waals surface area contributed by atoms with E-state index in [-0.39, 0.29) is 23.8 Å². The van der Waals surface area contributed by atoms with Crippen molar-refractivity contribution in [3.05, 3.63) is 65.3 Å². The molecule has 1 aromatic carbocycles. The van der Waals surface area contributed by atoms with Crippen LogP contribution in [0.4, 0.5) is 0 Å². The number of methoxy groups -OCH3 is 1. The highest BCUT2D eigenvalue weighted by molar-refractivity contribution is 6.09. The van der Waals surface area contributed by atoms with Gasteiger partial charge in [-0.1, -0.05) is 26.0 Å². The minimum absolute atomic E-state index is 0.0860. The van der Waals surface area contributed by atoms with Gasteiger partial charge in [-0.05, 0) is 29.8 Å². The average Bonchev–Trinajstić information content (AvgIpc) is 3.24. The molecular weight excluding hydrogens is 334 g/mol. The lowest BCUT2D eigenvalue weighted by molar-refractivity contribution is -0.130. The van der Waals surface area contributed by atoms with Crippen molar-refractivity contribution in [3.8, 4) is 5.75 Å². The van der Waals surface area contributed by atoms with Crippen molar-refractivity contribution in [1.82, 2.24) is 4.90 Å². The number of hydrogen-bond acceptors (Lipinski definition) is 5. The predicted molar refractivity (Wildman–Crippen MR) is 94.5 cm³/mol. The Morgan fingerprint density at radius 3 is 2.69 bits per heavy atom. The summed E-state index contributed by atoms with van der Waals surface area (Å²) < 4.78 is 10.7. The molecule has 1 aromatic heterocycles. The topological polar surface area (TPSA) is 80.0 Å². The molecule has 136 valence electrons. The Morgan fingerprint density at radius 1 is 1.31 bits per heavy atom. The second kappa shape index (κ2) is 7.07. The minimum atomic E-state index is -0.751. The number of aliphatic hydroxyl groups is 1. The van der Waals surface area contributed by atoms with E-state index in [1.807, 2.05) is 24.3 Å². The molecule has 6 heteroatoms. The fraction of sp³-hybridized carbons (Fsp3) is 0.300. The maximum Gasteiger partial charge on any atom is 0.290 e. The Morgan fingerprint density at radius 2 is 2.08 bits per heavy atom. The van der Waals surface area contributed by atoms with Crippen molar-refractivity contribution < 1.29 is 23.8 Å². The number of benzene rings is 1. The minimum Gasteiger partial charge on any atom is -0.503 e. The molecule has 0 aliphatic carbocycles. The summed E-state index contributed by atoms with van der Waals surface area (Å²) in [5, 5.41) is 10.4. The van der Waals surface area contributed by atoms with E-state index in [4.69, 9.17) is 9.15 Å².